The van der Waals surface area contributed by atoms with Crippen LogP contribution < -0.4 is 5.32 Å². The van der Waals surface area contributed by atoms with Gasteiger partial charge in [-0.2, -0.15) is 0 Å². The third-order valence-electron chi connectivity index (χ3n) is 7.62. The zero-order valence-electron chi connectivity index (χ0n) is 25.0. The Morgan fingerprint density at radius 1 is 1.16 bits per heavy atom. The third kappa shape index (κ3) is 6.49. The number of hydrogen-bond donors (Lipinski definition) is 1. The molecule has 0 radical (unpaired) electrons. The minimum Gasteiger partial charge on any atom is -0.469 e. The molecule has 2 aromatic heterocycles. The molecule has 232 valence electrons. The first kappa shape index (κ1) is 32.0. The van der Waals surface area contributed by atoms with Gasteiger partial charge in [0, 0.05) is 53.2 Å². The number of ether oxygens (including phenoxy) is 2. The number of nitrogens with one attached hydrogen (secondary N) is 1. The Labute approximate surface area is 270 Å². The maximum absolute atomic E-state index is 13.9. The summed E-state index contributed by atoms with van der Waals surface area (Å²) in [6, 6.07) is 10.8. The Kier molecular flexibility index (Phi) is 9.65. The Hall–Kier alpha value is -3.44. The molecule has 0 unspecified atom stereocenters. The summed E-state index contributed by atoms with van der Waals surface area (Å²) >= 11 is 14.7. The van der Waals surface area contributed by atoms with E-state index in [2.05, 4.69) is 10.3 Å². The van der Waals surface area contributed by atoms with E-state index in [0.717, 1.165) is 22.2 Å². The number of benzene rings is 2. The number of aryl methyl sites for hydroxylation is 2. The summed E-state index contributed by atoms with van der Waals surface area (Å²) in [4.78, 5) is 46.0. The Balaban J connectivity index is 1.35. The number of anilines is 1. The fourth-order valence-electron chi connectivity index (χ4n) is 5.62. The molecular weight excluding hydrogens is 623 g/mol. The molecule has 4 aromatic rings. The van der Waals surface area contributed by atoms with E-state index < -0.39 is 5.72 Å². The van der Waals surface area contributed by atoms with Crippen molar-refractivity contribution in [3.05, 3.63) is 79.8 Å². The van der Waals surface area contributed by atoms with Gasteiger partial charge in [-0.05, 0) is 50.5 Å². The number of esters is 1. The largest absolute Gasteiger partial charge is 0.469 e. The zero-order valence-corrected chi connectivity index (χ0v) is 27.3. The van der Waals surface area contributed by atoms with Gasteiger partial charge in [-0.15, -0.1) is 11.3 Å². The smallest absolute Gasteiger partial charge is 0.305 e. The number of halogens is 2. The van der Waals surface area contributed by atoms with E-state index in [-0.39, 0.29) is 41.8 Å². The van der Waals surface area contributed by atoms with Crippen molar-refractivity contribution in [2.75, 3.05) is 19.0 Å². The van der Waals surface area contributed by atoms with Crippen LogP contribution in [0, 0.1) is 0 Å². The highest BCUT2D eigenvalue weighted by atomic mass is 35.5. The normalized spacial score (nSPS) is 16.6. The summed E-state index contributed by atoms with van der Waals surface area (Å²) in [6.45, 7) is 4.35. The molecule has 44 heavy (non-hydrogen) atoms. The average molecular weight is 658 g/mol. The van der Waals surface area contributed by atoms with Crippen LogP contribution in [0.4, 0.5) is 5.69 Å². The van der Waals surface area contributed by atoms with Crippen molar-refractivity contribution in [3.63, 3.8) is 0 Å². The van der Waals surface area contributed by atoms with Crippen molar-refractivity contribution in [2.45, 2.75) is 57.8 Å². The van der Waals surface area contributed by atoms with Crippen LogP contribution >= 0.6 is 34.5 Å². The van der Waals surface area contributed by atoms with Crippen LogP contribution in [0.15, 0.2) is 48.8 Å². The Morgan fingerprint density at radius 3 is 2.68 bits per heavy atom. The number of thiazole rings is 1. The Bertz CT molecular complexity index is 1720. The van der Waals surface area contributed by atoms with Crippen LogP contribution in [0.5, 0.6) is 0 Å². The highest BCUT2D eigenvalue weighted by Crippen LogP contribution is 2.43. The topological polar surface area (TPSA) is 103 Å². The monoisotopic (exact) mass is 656 g/mol. The first-order valence-electron chi connectivity index (χ1n) is 14.4. The van der Waals surface area contributed by atoms with Crippen LogP contribution in [0.1, 0.15) is 58.9 Å². The lowest BCUT2D eigenvalue weighted by atomic mass is 10.1. The maximum Gasteiger partial charge on any atom is 0.305 e. The predicted molar refractivity (Wildman–Crippen MR) is 172 cm³/mol. The highest BCUT2D eigenvalue weighted by Gasteiger charge is 2.49. The molecule has 5 rings (SSSR count). The zero-order chi connectivity index (χ0) is 31.6. The van der Waals surface area contributed by atoms with E-state index in [1.807, 2.05) is 49.7 Å². The average Bonchev–Trinajstić information content (AvgIpc) is 3.72. The van der Waals surface area contributed by atoms with Crippen molar-refractivity contribution in [2.24, 2.45) is 7.05 Å². The number of nitrogens with zero attached hydrogens (tertiary/aromatic N) is 3. The molecule has 0 bridgehead atoms. The molecule has 0 spiro atoms. The fourth-order valence-corrected chi connectivity index (χ4v) is 7.17. The molecule has 1 aliphatic heterocycles. The number of methoxy groups -OCH3 is 1. The molecule has 1 atom stereocenters. The van der Waals surface area contributed by atoms with Crippen LogP contribution in [0.25, 0.3) is 10.9 Å². The number of amides is 2. The SMILES string of the molecule is COC(=O)CCc1cnc([C@@]2(OC(C)C)CCCN2C(=O)Cc2cc(Cl)c(NC(=O)c3cn(C)c4ccccc34)cc2Cl)s1. The standard InChI is InChI=1S/C32H34Cl2N4O5S/c1-19(2)43-32(31-35-17-21(44-31)10-11-29(40)42-4)12-7-13-38(32)28(39)15-20-14-25(34)26(16-24(20)33)36-30(41)23-18-37(3)27-9-6-5-8-22(23)27/h5-6,8-9,14,16-19H,7,10-13,15H2,1-4H3,(H,36,41)/t32-/m0/s1. The second-order valence-electron chi connectivity index (χ2n) is 11.0. The van der Waals surface area contributed by atoms with Gasteiger partial charge >= 0.3 is 5.97 Å². The molecule has 1 saturated heterocycles. The molecule has 0 aliphatic carbocycles. The van der Waals surface area contributed by atoms with Gasteiger partial charge in [-0.1, -0.05) is 41.4 Å². The van der Waals surface area contributed by atoms with Crippen molar-refractivity contribution in [3.8, 4) is 0 Å². The lowest BCUT2D eigenvalue weighted by Crippen LogP contribution is -2.48. The van der Waals surface area contributed by atoms with Crippen molar-refractivity contribution < 1.29 is 23.9 Å². The van der Waals surface area contributed by atoms with Gasteiger partial charge in [-0.3, -0.25) is 14.4 Å². The van der Waals surface area contributed by atoms with Gasteiger partial charge < -0.3 is 24.3 Å². The van der Waals surface area contributed by atoms with E-state index in [0.29, 0.717) is 46.2 Å². The van der Waals surface area contributed by atoms with Gasteiger partial charge in [0.2, 0.25) is 5.91 Å². The molecule has 0 saturated carbocycles. The molecule has 3 heterocycles. The number of hydrogen-bond acceptors (Lipinski definition) is 7. The summed E-state index contributed by atoms with van der Waals surface area (Å²) in [7, 11) is 3.25. The van der Waals surface area contributed by atoms with Gasteiger partial charge in [-0.25, -0.2) is 4.98 Å². The van der Waals surface area contributed by atoms with Crippen LogP contribution in [-0.4, -0.2) is 52.0 Å². The molecule has 2 aromatic carbocycles. The molecule has 12 heteroatoms. The molecule has 9 nitrogen and oxygen atoms in total. The lowest BCUT2D eigenvalue weighted by Gasteiger charge is -2.38. The first-order valence-corrected chi connectivity index (χ1v) is 15.9. The fraction of sp³-hybridized carbons (Fsp3) is 0.375. The predicted octanol–water partition coefficient (Wildman–Crippen LogP) is 6.74. The van der Waals surface area contributed by atoms with Crippen molar-refractivity contribution in [1.82, 2.24) is 14.5 Å². The number of aromatic nitrogens is 2. The van der Waals surface area contributed by atoms with Crippen molar-refractivity contribution >= 4 is 68.9 Å². The van der Waals surface area contributed by atoms with Crippen molar-refractivity contribution in [1.29, 1.82) is 0 Å². The van der Waals surface area contributed by atoms with E-state index in [4.69, 9.17) is 32.7 Å². The number of fused-ring (bicyclic) bond motifs is 1. The summed E-state index contributed by atoms with van der Waals surface area (Å²) in [6.07, 6.45) is 5.39. The molecular formula is C32H34Cl2N4O5S. The minimum absolute atomic E-state index is 0.0140. The number of carbonyl (C=O) groups excluding carboxylic acids is 3. The molecule has 1 N–H and O–H groups in total. The summed E-state index contributed by atoms with van der Waals surface area (Å²) in [5.41, 5.74) is 1.31. The van der Waals surface area contributed by atoms with Gasteiger partial charge in [0.05, 0.1) is 42.3 Å². The quantitative estimate of drug-likeness (QED) is 0.190. The minimum atomic E-state index is -1.03. The van der Waals surface area contributed by atoms with Gasteiger partial charge in [0.1, 0.15) is 5.01 Å². The van der Waals surface area contributed by atoms with E-state index in [1.165, 1.54) is 18.4 Å². The summed E-state index contributed by atoms with van der Waals surface area (Å²) in [5.74, 6) is -0.786. The Morgan fingerprint density at radius 2 is 1.93 bits per heavy atom. The second kappa shape index (κ2) is 13.3. The van der Waals surface area contributed by atoms with E-state index in [9.17, 15) is 14.4 Å². The second-order valence-corrected chi connectivity index (χ2v) is 13.0. The molecule has 1 aliphatic rings. The van der Waals surface area contributed by atoms with Gasteiger partial charge in [0.25, 0.3) is 5.91 Å². The molecule has 1 fully saturated rings. The third-order valence-corrected chi connectivity index (χ3v) is 9.48. The van der Waals surface area contributed by atoms with E-state index in [1.54, 1.807) is 29.4 Å². The van der Waals surface area contributed by atoms with Crippen LogP contribution in [-0.2, 0) is 44.7 Å². The molecule has 2 amide bonds. The lowest BCUT2D eigenvalue weighted by molar-refractivity contribution is -0.182. The summed E-state index contributed by atoms with van der Waals surface area (Å²) in [5, 5.41) is 4.95. The summed E-state index contributed by atoms with van der Waals surface area (Å²) < 4.78 is 13.1. The van der Waals surface area contributed by atoms with Gasteiger partial charge in [0.15, 0.2) is 5.72 Å². The van der Waals surface area contributed by atoms with Crippen LogP contribution in [0.2, 0.25) is 10.0 Å². The van der Waals surface area contributed by atoms with E-state index >= 15 is 0 Å². The highest BCUT2D eigenvalue weighted by molar-refractivity contribution is 7.11. The number of likely N-dealkylation sites (tertiary alicyclic amines) is 1. The first-order chi connectivity index (χ1) is 21.0. The maximum atomic E-state index is 13.9. The number of carbonyl (C=O) groups is 3. The number of para-hydroxylation sites is 1. The van der Waals surface area contributed by atoms with Crippen LogP contribution in [0.3, 0.4) is 0 Å². The number of rotatable bonds is 10.